The highest BCUT2D eigenvalue weighted by Gasteiger charge is 2.28. The SMILES string of the molecule is CCC(C)(CNC1CC1)CN(C)CCc1ccccc1. The summed E-state index contributed by atoms with van der Waals surface area (Å²) in [4.78, 5) is 2.49. The van der Waals surface area contributed by atoms with E-state index in [9.17, 15) is 0 Å². The lowest BCUT2D eigenvalue weighted by molar-refractivity contribution is 0.181. The van der Waals surface area contributed by atoms with Crippen molar-refractivity contribution >= 4 is 0 Å². The molecule has 1 saturated carbocycles. The normalized spacial score (nSPS) is 18.2. The van der Waals surface area contributed by atoms with E-state index in [-0.39, 0.29) is 0 Å². The predicted molar refractivity (Wildman–Crippen MR) is 87.1 cm³/mol. The maximum absolute atomic E-state index is 3.70. The van der Waals surface area contributed by atoms with Gasteiger partial charge in [0.15, 0.2) is 0 Å². The Hall–Kier alpha value is -0.860. The summed E-state index contributed by atoms with van der Waals surface area (Å²) in [5.41, 5.74) is 1.84. The Morgan fingerprint density at radius 1 is 1.25 bits per heavy atom. The van der Waals surface area contributed by atoms with Gasteiger partial charge in [-0.05, 0) is 43.7 Å². The van der Waals surface area contributed by atoms with Crippen molar-refractivity contribution in [2.45, 2.75) is 45.6 Å². The summed E-state index contributed by atoms with van der Waals surface area (Å²) in [6.07, 6.45) is 5.14. The molecule has 0 aliphatic heterocycles. The molecule has 1 fully saturated rings. The summed E-state index contributed by atoms with van der Waals surface area (Å²) in [6.45, 7) is 8.21. The molecule has 20 heavy (non-hydrogen) atoms. The monoisotopic (exact) mass is 274 g/mol. The zero-order valence-corrected chi connectivity index (χ0v) is 13.4. The van der Waals surface area contributed by atoms with Gasteiger partial charge in [-0.3, -0.25) is 0 Å². The van der Waals surface area contributed by atoms with E-state index in [1.165, 1.54) is 31.4 Å². The minimum Gasteiger partial charge on any atom is -0.313 e. The van der Waals surface area contributed by atoms with Crippen LogP contribution in [0.15, 0.2) is 30.3 Å². The van der Waals surface area contributed by atoms with Crippen LogP contribution in [0.1, 0.15) is 38.7 Å². The molecule has 1 aliphatic rings. The van der Waals surface area contributed by atoms with Crippen molar-refractivity contribution in [3.05, 3.63) is 35.9 Å². The fourth-order valence-corrected chi connectivity index (χ4v) is 2.67. The zero-order chi connectivity index (χ0) is 14.4. The third-order valence-electron chi connectivity index (χ3n) is 4.53. The van der Waals surface area contributed by atoms with Gasteiger partial charge in [0.2, 0.25) is 0 Å². The Bertz CT molecular complexity index is 386. The Morgan fingerprint density at radius 2 is 1.95 bits per heavy atom. The second kappa shape index (κ2) is 7.24. The smallest absolute Gasteiger partial charge is 0.00684 e. The van der Waals surface area contributed by atoms with Gasteiger partial charge in [-0.1, -0.05) is 44.2 Å². The molecule has 1 aromatic carbocycles. The fraction of sp³-hybridized carbons (Fsp3) is 0.667. The van der Waals surface area contributed by atoms with Gasteiger partial charge in [-0.2, -0.15) is 0 Å². The Kier molecular flexibility index (Phi) is 5.62. The van der Waals surface area contributed by atoms with E-state index in [1.807, 2.05) is 0 Å². The Labute approximate surface area is 124 Å². The molecular formula is C18H30N2. The van der Waals surface area contributed by atoms with Crippen molar-refractivity contribution in [1.82, 2.24) is 10.2 Å². The van der Waals surface area contributed by atoms with Crippen molar-refractivity contribution in [2.24, 2.45) is 5.41 Å². The molecule has 1 unspecified atom stereocenters. The predicted octanol–water partition coefficient (Wildman–Crippen LogP) is 3.33. The van der Waals surface area contributed by atoms with Crippen molar-refractivity contribution in [1.29, 1.82) is 0 Å². The first-order chi connectivity index (χ1) is 9.61. The van der Waals surface area contributed by atoms with Gasteiger partial charge in [-0.15, -0.1) is 0 Å². The van der Waals surface area contributed by atoms with E-state index in [1.54, 1.807) is 0 Å². The van der Waals surface area contributed by atoms with E-state index in [0.29, 0.717) is 5.41 Å². The summed E-state index contributed by atoms with van der Waals surface area (Å²) in [6, 6.07) is 11.6. The molecule has 0 amide bonds. The summed E-state index contributed by atoms with van der Waals surface area (Å²) >= 11 is 0. The average Bonchev–Trinajstić information content (AvgIpc) is 3.28. The fourth-order valence-electron chi connectivity index (χ4n) is 2.67. The van der Waals surface area contributed by atoms with Gasteiger partial charge in [-0.25, -0.2) is 0 Å². The molecule has 2 heteroatoms. The molecule has 1 aromatic rings. The number of hydrogen-bond donors (Lipinski definition) is 1. The van der Waals surface area contributed by atoms with Crippen LogP contribution >= 0.6 is 0 Å². The topological polar surface area (TPSA) is 15.3 Å². The molecule has 2 nitrogen and oxygen atoms in total. The molecule has 0 bridgehead atoms. The van der Waals surface area contributed by atoms with Crippen LogP contribution in [0.3, 0.4) is 0 Å². The van der Waals surface area contributed by atoms with Gasteiger partial charge in [0.1, 0.15) is 0 Å². The van der Waals surface area contributed by atoms with Gasteiger partial charge in [0.05, 0.1) is 0 Å². The molecule has 0 aromatic heterocycles. The summed E-state index contributed by atoms with van der Waals surface area (Å²) in [5, 5.41) is 3.70. The highest BCUT2D eigenvalue weighted by Crippen LogP contribution is 2.25. The molecule has 1 N–H and O–H groups in total. The Morgan fingerprint density at radius 3 is 2.55 bits per heavy atom. The second-order valence-corrected chi connectivity index (χ2v) is 6.79. The highest BCUT2D eigenvalue weighted by molar-refractivity contribution is 5.14. The molecule has 1 atom stereocenters. The minimum atomic E-state index is 0.397. The highest BCUT2D eigenvalue weighted by atomic mass is 15.1. The number of hydrogen-bond acceptors (Lipinski definition) is 2. The maximum Gasteiger partial charge on any atom is 0.00684 e. The van der Waals surface area contributed by atoms with Crippen LogP contribution in [0.2, 0.25) is 0 Å². The largest absolute Gasteiger partial charge is 0.313 e. The van der Waals surface area contributed by atoms with E-state index in [4.69, 9.17) is 0 Å². The van der Waals surface area contributed by atoms with Gasteiger partial charge in [0, 0.05) is 25.7 Å². The van der Waals surface area contributed by atoms with E-state index < -0.39 is 0 Å². The first kappa shape index (κ1) is 15.5. The van der Waals surface area contributed by atoms with Crippen LogP contribution in [0, 0.1) is 5.41 Å². The lowest BCUT2D eigenvalue weighted by Crippen LogP contribution is -2.41. The Balaban J connectivity index is 1.74. The van der Waals surface area contributed by atoms with Crippen LogP contribution in [-0.2, 0) is 6.42 Å². The standard InChI is InChI=1S/C18H30N2/c1-4-18(2,14-19-17-10-11-17)15-20(3)13-12-16-8-6-5-7-9-16/h5-9,17,19H,4,10-15H2,1-3H3. The number of likely N-dealkylation sites (N-methyl/N-ethyl adjacent to an activating group) is 1. The van der Waals surface area contributed by atoms with Crippen molar-refractivity contribution in [3.8, 4) is 0 Å². The number of nitrogens with one attached hydrogen (secondary N) is 1. The summed E-state index contributed by atoms with van der Waals surface area (Å²) in [7, 11) is 2.26. The minimum absolute atomic E-state index is 0.397. The van der Waals surface area contributed by atoms with Crippen molar-refractivity contribution < 1.29 is 0 Å². The second-order valence-electron chi connectivity index (χ2n) is 6.79. The van der Waals surface area contributed by atoms with Crippen LogP contribution in [-0.4, -0.2) is 37.6 Å². The number of nitrogens with zero attached hydrogens (tertiary/aromatic N) is 1. The van der Waals surface area contributed by atoms with Gasteiger partial charge >= 0.3 is 0 Å². The van der Waals surface area contributed by atoms with Crippen LogP contribution in [0.4, 0.5) is 0 Å². The van der Waals surface area contributed by atoms with E-state index >= 15 is 0 Å². The summed E-state index contributed by atoms with van der Waals surface area (Å²) in [5.74, 6) is 0. The number of rotatable bonds is 9. The molecule has 0 radical (unpaired) electrons. The average molecular weight is 274 g/mol. The van der Waals surface area contributed by atoms with E-state index in [0.717, 1.165) is 25.6 Å². The van der Waals surface area contributed by atoms with E-state index in [2.05, 4.69) is 61.4 Å². The van der Waals surface area contributed by atoms with Crippen LogP contribution in [0.5, 0.6) is 0 Å². The first-order valence-electron chi connectivity index (χ1n) is 8.07. The van der Waals surface area contributed by atoms with Crippen LogP contribution in [0.25, 0.3) is 0 Å². The number of benzene rings is 1. The van der Waals surface area contributed by atoms with Crippen molar-refractivity contribution in [2.75, 3.05) is 26.7 Å². The lowest BCUT2D eigenvalue weighted by Gasteiger charge is -2.33. The van der Waals surface area contributed by atoms with Gasteiger partial charge < -0.3 is 10.2 Å². The molecule has 2 rings (SSSR count). The summed E-state index contributed by atoms with van der Waals surface area (Å²) < 4.78 is 0. The van der Waals surface area contributed by atoms with Crippen molar-refractivity contribution in [3.63, 3.8) is 0 Å². The zero-order valence-electron chi connectivity index (χ0n) is 13.4. The third kappa shape index (κ3) is 5.26. The lowest BCUT2D eigenvalue weighted by atomic mass is 9.86. The quantitative estimate of drug-likeness (QED) is 0.743. The molecule has 0 saturated heterocycles. The van der Waals surface area contributed by atoms with Gasteiger partial charge in [0.25, 0.3) is 0 Å². The molecular weight excluding hydrogens is 244 g/mol. The first-order valence-corrected chi connectivity index (χ1v) is 8.07. The molecule has 112 valence electrons. The molecule has 1 aliphatic carbocycles. The third-order valence-corrected chi connectivity index (χ3v) is 4.53. The molecule has 0 spiro atoms. The molecule has 0 heterocycles. The van der Waals surface area contributed by atoms with Crippen LogP contribution < -0.4 is 5.32 Å². The maximum atomic E-state index is 3.70.